The first-order chi connectivity index (χ1) is 9.54. The molecule has 2 amide bonds. The molecule has 1 saturated heterocycles. The molecule has 2 aliphatic rings. The first-order valence-corrected chi connectivity index (χ1v) is 7.75. The average Bonchev–Trinajstić information content (AvgIpc) is 3.08. The average molecular weight is 294 g/mol. The van der Waals surface area contributed by atoms with Crippen LogP contribution in [0.1, 0.15) is 34.5 Å². The zero-order valence-corrected chi connectivity index (χ0v) is 12.2. The molecule has 6 heteroatoms. The summed E-state index contributed by atoms with van der Waals surface area (Å²) < 4.78 is 0. The highest BCUT2D eigenvalue weighted by Gasteiger charge is 2.31. The lowest BCUT2D eigenvalue weighted by molar-refractivity contribution is -0.117. The van der Waals surface area contributed by atoms with Gasteiger partial charge in [-0.25, -0.2) is 0 Å². The second kappa shape index (κ2) is 5.18. The van der Waals surface area contributed by atoms with Crippen LogP contribution in [0.3, 0.4) is 0 Å². The number of rotatable bonds is 3. The molecule has 5 nitrogen and oxygen atoms in total. The van der Waals surface area contributed by atoms with Gasteiger partial charge in [-0.1, -0.05) is 0 Å². The Morgan fingerprint density at radius 2 is 2.15 bits per heavy atom. The normalized spacial score (nSPS) is 22.1. The van der Waals surface area contributed by atoms with Crippen LogP contribution in [-0.2, 0) is 4.79 Å². The van der Waals surface area contributed by atoms with E-state index in [0.717, 1.165) is 23.4 Å². The Morgan fingerprint density at radius 1 is 1.40 bits per heavy atom. The molecule has 1 atom stereocenters. The third-order valence-corrected chi connectivity index (χ3v) is 4.90. The third kappa shape index (κ3) is 2.71. The van der Waals surface area contributed by atoms with Crippen LogP contribution >= 0.6 is 11.3 Å². The zero-order valence-electron chi connectivity index (χ0n) is 11.4. The maximum atomic E-state index is 12.4. The van der Waals surface area contributed by atoms with E-state index in [9.17, 15) is 14.7 Å². The van der Waals surface area contributed by atoms with Crippen molar-refractivity contribution in [2.75, 3.05) is 18.4 Å². The largest absolute Gasteiger partial charge is 0.391 e. The maximum absolute atomic E-state index is 12.4. The molecule has 108 valence electrons. The summed E-state index contributed by atoms with van der Waals surface area (Å²) in [7, 11) is 0. The summed E-state index contributed by atoms with van der Waals surface area (Å²) in [6, 6.07) is 1.85. The number of aryl methyl sites for hydroxylation is 1. The van der Waals surface area contributed by atoms with E-state index >= 15 is 0 Å². The number of β-amino-alcohol motifs (C(OH)–C–C–N with tert-alkyl or cyclic N) is 1. The van der Waals surface area contributed by atoms with Gasteiger partial charge in [-0.3, -0.25) is 9.59 Å². The molecule has 1 saturated carbocycles. The molecule has 3 rings (SSSR count). The Labute approximate surface area is 121 Å². The standard InChI is InChI=1S/C14H18N2O3S/c1-8-6-11(15-13(18)9-2-3-9)20-12(8)14(19)16-5-4-10(17)7-16/h6,9-10,17H,2-5,7H2,1H3,(H,15,18)/t10-/m1/s1. The van der Waals surface area contributed by atoms with Crippen LogP contribution in [-0.4, -0.2) is 41.0 Å². The zero-order chi connectivity index (χ0) is 14.3. The number of amides is 2. The van der Waals surface area contributed by atoms with Crippen LogP contribution in [0.4, 0.5) is 5.00 Å². The van der Waals surface area contributed by atoms with Gasteiger partial charge in [0.1, 0.15) is 0 Å². The quantitative estimate of drug-likeness (QED) is 0.890. The number of aliphatic hydroxyl groups is 1. The number of nitrogens with zero attached hydrogens (tertiary/aromatic N) is 1. The second-order valence-electron chi connectivity index (χ2n) is 5.58. The Morgan fingerprint density at radius 3 is 2.75 bits per heavy atom. The van der Waals surface area contributed by atoms with E-state index in [1.807, 2.05) is 13.0 Å². The van der Waals surface area contributed by atoms with E-state index in [2.05, 4.69) is 5.32 Å². The van der Waals surface area contributed by atoms with Crippen LogP contribution < -0.4 is 5.32 Å². The van der Waals surface area contributed by atoms with Crippen LogP contribution in [0.15, 0.2) is 6.07 Å². The summed E-state index contributed by atoms with van der Waals surface area (Å²) in [6.45, 7) is 2.88. The van der Waals surface area contributed by atoms with Crippen molar-refractivity contribution in [2.24, 2.45) is 5.92 Å². The van der Waals surface area contributed by atoms with Crippen LogP contribution in [0.2, 0.25) is 0 Å². The topological polar surface area (TPSA) is 69.6 Å². The van der Waals surface area contributed by atoms with Crippen molar-refractivity contribution in [3.05, 3.63) is 16.5 Å². The van der Waals surface area contributed by atoms with E-state index in [-0.39, 0.29) is 17.7 Å². The minimum Gasteiger partial charge on any atom is -0.391 e. The Hall–Kier alpha value is -1.40. The third-order valence-electron chi connectivity index (χ3n) is 3.76. The Balaban J connectivity index is 1.71. The van der Waals surface area contributed by atoms with Crippen molar-refractivity contribution in [3.8, 4) is 0 Å². The number of anilines is 1. The van der Waals surface area contributed by atoms with E-state index in [4.69, 9.17) is 0 Å². The molecule has 2 fully saturated rings. The molecule has 0 bridgehead atoms. The smallest absolute Gasteiger partial charge is 0.264 e. The van der Waals surface area contributed by atoms with Gasteiger partial charge in [-0.15, -0.1) is 11.3 Å². The van der Waals surface area contributed by atoms with Gasteiger partial charge in [0.2, 0.25) is 5.91 Å². The molecule has 1 aromatic rings. The first-order valence-electron chi connectivity index (χ1n) is 6.93. The van der Waals surface area contributed by atoms with Crippen molar-refractivity contribution < 1.29 is 14.7 Å². The Bertz CT molecular complexity index is 551. The van der Waals surface area contributed by atoms with Gasteiger partial charge in [0.25, 0.3) is 5.91 Å². The molecule has 1 aliphatic carbocycles. The maximum Gasteiger partial charge on any atom is 0.264 e. The summed E-state index contributed by atoms with van der Waals surface area (Å²) in [5, 5.41) is 13.1. The predicted octanol–water partition coefficient (Wildman–Crippen LogP) is 1.61. The number of likely N-dealkylation sites (tertiary alicyclic amines) is 1. The van der Waals surface area contributed by atoms with Crippen LogP contribution in [0, 0.1) is 12.8 Å². The number of hydrogen-bond acceptors (Lipinski definition) is 4. The SMILES string of the molecule is Cc1cc(NC(=O)C2CC2)sc1C(=O)N1CC[C@@H](O)C1. The fourth-order valence-electron chi connectivity index (χ4n) is 2.39. The highest BCUT2D eigenvalue weighted by molar-refractivity contribution is 7.18. The molecule has 20 heavy (non-hydrogen) atoms. The fourth-order valence-corrected chi connectivity index (χ4v) is 3.44. The highest BCUT2D eigenvalue weighted by Crippen LogP contribution is 2.33. The van der Waals surface area contributed by atoms with Gasteiger partial charge in [0.15, 0.2) is 0 Å². The highest BCUT2D eigenvalue weighted by atomic mass is 32.1. The number of carbonyl (C=O) groups excluding carboxylic acids is 2. The monoisotopic (exact) mass is 294 g/mol. The number of nitrogens with one attached hydrogen (secondary N) is 1. The molecule has 0 spiro atoms. The first kappa shape index (κ1) is 13.6. The lowest BCUT2D eigenvalue weighted by Gasteiger charge is -2.14. The predicted molar refractivity (Wildman–Crippen MR) is 76.9 cm³/mol. The molecule has 0 unspecified atom stereocenters. The van der Waals surface area contributed by atoms with Gasteiger partial charge in [-0.2, -0.15) is 0 Å². The number of thiophene rings is 1. The molecular weight excluding hydrogens is 276 g/mol. The van der Waals surface area contributed by atoms with E-state index in [1.54, 1.807) is 4.90 Å². The lowest BCUT2D eigenvalue weighted by Crippen LogP contribution is -2.29. The summed E-state index contributed by atoms with van der Waals surface area (Å²) in [6.07, 6.45) is 2.16. The summed E-state index contributed by atoms with van der Waals surface area (Å²) in [4.78, 5) is 26.4. The molecule has 1 aliphatic heterocycles. The van der Waals surface area contributed by atoms with E-state index in [0.29, 0.717) is 24.4 Å². The number of hydrogen-bond donors (Lipinski definition) is 2. The molecular formula is C14H18N2O3S. The van der Waals surface area contributed by atoms with Gasteiger partial charge in [0.05, 0.1) is 16.0 Å². The van der Waals surface area contributed by atoms with Crippen molar-refractivity contribution in [2.45, 2.75) is 32.3 Å². The lowest BCUT2D eigenvalue weighted by atomic mass is 10.2. The minimum absolute atomic E-state index is 0.0454. The molecule has 0 radical (unpaired) electrons. The second-order valence-corrected chi connectivity index (χ2v) is 6.63. The van der Waals surface area contributed by atoms with Crippen molar-refractivity contribution >= 4 is 28.2 Å². The van der Waals surface area contributed by atoms with E-state index < -0.39 is 6.10 Å². The van der Waals surface area contributed by atoms with Gasteiger partial charge in [-0.05, 0) is 37.8 Å². The van der Waals surface area contributed by atoms with Gasteiger partial charge >= 0.3 is 0 Å². The van der Waals surface area contributed by atoms with Crippen LogP contribution in [0.5, 0.6) is 0 Å². The molecule has 2 heterocycles. The van der Waals surface area contributed by atoms with Crippen molar-refractivity contribution in [1.29, 1.82) is 0 Å². The molecule has 2 N–H and O–H groups in total. The summed E-state index contributed by atoms with van der Waals surface area (Å²) in [5.41, 5.74) is 0.882. The Kier molecular flexibility index (Phi) is 3.52. The summed E-state index contributed by atoms with van der Waals surface area (Å²) >= 11 is 1.32. The minimum atomic E-state index is -0.409. The number of carbonyl (C=O) groups is 2. The van der Waals surface area contributed by atoms with E-state index in [1.165, 1.54) is 11.3 Å². The van der Waals surface area contributed by atoms with Crippen molar-refractivity contribution in [1.82, 2.24) is 4.90 Å². The number of aliphatic hydroxyl groups excluding tert-OH is 1. The summed E-state index contributed by atoms with van der Waals surface area (Å²) in [5.74, 6) is 0.170. The molecule has 1 aromatic heterocycles. The van der Waals surface area contributed by atoms with Crippen molar-refractivity contribution in [3.63, 3.8) is 0 Å². The van der Waals surface area contributed by atoms with Crippen LogP contribution in [0.25, 0.3) is 0 Å². The molecule has 0 aromatic carbocycles. The van der Waals surface area contributed by atoms with Gasteiger partial charge < -0.3 is 15.3 Å². The fraction of sp³-hybridized carbons (Fsp3) is 0.571. The van der Waals surface area contributed by atoms with Gasteiger partial charge in [0, 0.05) is 19.0 Å².